The summed E-state index contributed by atoms with van der Waals surface area (Å²) in [4.78, 5) is 10.8. The van der Waals surface area contributed by atoms with E-state index in [2.05, 4.69) is 15.5 Å². The summed E-state index contributed by atoms with van der Waals surface area (Å²) in [6, 6.07) is 5.00. The number of carboxylic acids is 1. The first kappa shape index (κ1) is 14.1. The fraction of sp³-hybridized carbons (Fsp3) is 0.385. The molecule has 1 unspecified atom stereocenters. The van der Waals surface area contributed by atoms with Crippen LogP contribution in [-0.2, 0) is 11.3 Å². The van der Waals surface area contributed by atoms with E-state index in [0.717, 1.165) is 0 Å². The van der Waals surface area contributed by atoms with Gasteiger partial charge in [0.1, 0.15) is 5.82 Å². The van der Waals surface area contributed by atoms with E-state index < -0.39 is 11.9 Å². The van der Waals surface area contributed by atoms with Crippen LogP contribution in [0.4, 0.5) is 4.39 Å². The summed E-state index contributed by atoms with van der Waals surface area (Å²) >= 11 is 0. The normalized spacial score (nSPS) is 12.3. The number of rotatable bonds is 5. The van der Waals surface area contributed by atoms with Gasteiger partial charge in [0, 0.05) is 6.54 Å². The van der Waals surface area contributed by atoms with Crippen molar-refractivity contribution in [2.24, 2.45) is 5.92 Å². The van der Waals surface area contributed by atoms with E-state index in [9.17, 15) is 9.18 Å². The second kappa shape index (κ2) is 5.77. The van der Waals surface area contributed by atoms with Crippen LogP contribution in [0.15, 0.2) is 18.2 Å². The molecule has 0 bridgehead atoms. The molecule has 20 heavy (non-hydrogen) atoms. The molecule has 0 aliphatic heterocycles. The maximum atomic E-state index is 14.1. The van der Waals surface area contributed by atoms with E-state index in [0.29, 0.717) is 29.9 Å². The molecule has 2 aromatic rings. The summed E-state index contributed by atoms with van der Waals surface area (Å²) in [5.74, 6) is -1.44. The van der Waals surface area contributed by atoms with Crippen LogP contribution in [0.2, 0.25) is 0 Å². The molecule has 1 aromatic carbocycles. The highest BCUT2D eigenvalue weighted by Gasteiger charge is 2.17. The molecule has 6 nitrogen and oxygen atoms in total. The molecular weight excluding hydrogens is 263 g/mol. The number of nitrogens with zero attached hydrogens (tertiary/aromatic N) is 4. The first-order valence-corrected chi connectivity index (χ1v) is 6.25. The maximum Gasteiger partial charge on any atom is 0.306 e. The van der Waals surface area contributed by atoms with Crippen molar-refractivity contribution in [1.82, 2.24) is 20.2 Å². The Morgan fingerprint density at radius 1 is 1.50 bits per heavy atom. The zero-order valence-electron chi connectivity index (χ0n) is 11.2. The van der Waals surface area contributed by atoms with Crippen LogP contribution in [0.3, 0.4) is 0 Å². The second-order valence-corrected chi connectivity index (χ2v) is 4.69. The molecule has 7 heteroatoms. The highest BCUT2D eigenvalue weighted by atomic mass is 19.1. The van der Waals surface area contributed by atoms with Gasteiger partial charge in [-0.3, -0.25) is 4.79 Å². The quantitative estimate of drug-likeness (QED) is 0.903. The minimum atomic E-state index is -0.874. The summed E-state index contributed by atoms with van der Waals surface area (Å²) in [7, 11) is 0. The van der Waals surface area contributed by atoms with Gasteiger partial charge in [0.15, 0.2) is 5.82 Å². The van der Waals surface area contributed by atoms with Gasteiger partial charge in [0.05, 0.1) is 11.5 Å². The van der Waals surface area contributed by atoms with Crippen LogP contribution in [-0.4, -0.2) is 31.3 Å². The molecule has 1 N–H and O–H groups in total. The molecule has 106 valence electrons. The first-order chi connectivity index (χ1) is 9.50. The number of carbonyl (C=O) groups is 1. The summed E-state index contributed by atoms with van der Waals surface area (Å²) < 4.78 is 15.5. The van der Waals surface area contributed by atoms with Crippen molar-refractivity contribution in [3.63, 3.8) is 0 Å². The summed E-state index contributed by atoms with van der Waals surface area (Å²) in [5.41, 5.74) is 0.828. The largest absolute Gasteiger partial charge is 0.481 e. The number of benzene rings is 1. The van der Waals surface area contributed by atoms with Crippen LogP contribution < -0.4 is 0 Å². The molecule has 1 aromatic heterocycles. The van der Waals surface area contributed by atoms with Gasteiger partial charge < -0.3 is 5.11 Å². The highest BCUT2D eigenvalue weighted by Crippen LogP contribution is 2.22. The Morgan fingerprint density at radius 2 is 2.25 bits per heavy atom. The number of hydrogen-bond donors (Lipinski definition) is 1. The van der Waals surface area contributed by atoms with Crippen molar-refractivity contribution in [2.45, 2.75) is 26.8 Å². The third-order valence-corrected chi connectivity index (χ3v) is 3.16. The lowest BCUT2D eigenvalue weighted by Crippen LogP contribution is -2.14. The van der Waals surface area contributed by atoms with Gasteiger partial charge in [-0.25, -0.2) is 9.07 Å². The SMILES string of the molecule is Cc1cccc(-c2nnnn2CCC(C)C(=O)O)c1F. The van der Waals surface area contributed by atoms with Crippen molar-refractivity contribution in [1.29, 1.82) is 0 Å². The van der Waals surface area contributed by atoms with E-state index in [-0.39, 0.29) is 5.82 Å². The molecule has 2 rings (SSSR count). The predicted octanol–water partition coefficient (Wildman–Crippen LogP) is 1.90. The molecule has 0 amide bonds. The second-order valence-electron chi connectivity index (χ2n) is 4.69. The molecule has 1 heterocycles. The molecule has 0 radical (unpaired) electrons. The fourth-order valence-corrected chi connectivity index (χ4v) is 1.81. The number of aliphatic carboxylic acids is 1. The van der Waals surface area contributed by atoms with E-state index in [4.69, 9.17) is 5.11 Å². The van der Waals surface area contributed by atoms with Crippen LogP contribution in [0, 0.1) is 18.7 Å². The summed E-state index contributed by atoms with van der Waals surface area (Å²) in [6.07, 6.45) is 0.376. The highest BCUT2D eigenvalue weighted by molar-refractivity contribution is 5.69. The standard InChI is InChI=1S/C13H15FN4O2/c1-8-4-3-5-10(11(8)14)12-15-16-17-18(12)7-6-9(2)13(19)20/h3-5,9H,6-7H2,1-2H3,(H,19,20). The van der Waals surface area contributed by atoms with Gasteiger partial charge in [-0.1, -0.05) is 19.1 Å². The number of aryl methyl sites for hydroxylation is 2. The third-order valence-electron chi connectivity index (χ3n) is 3.16. The third kappa shape index (κ3) is 2.81. The Labute approximate surface area is 115 Å². The van der Waals surface area contributed by atoms with Crippen LogP contribution in [0.1, 0.15) is 18.9 Å². The van der Waals surface area contributed by atoms with Gasteiger partial charge in [-0.15, -0.1) is 5.10 Å². The minimum absolute atomic E-state index is 0.309. The molecule has 0 fully saturated rings. The number of hydrogen-bond acceptors (Lipinski definition) is 4. The van der Waals surface area contributed by atoms with Crippen LogP contribution in [0.5, 0.6) is 0 Å². The fourth-order valence-electron chi connectivity index (χ4n) is 1.81. The molecule has 0 spiro atoms. The van der Waals surface area contributed by atoms with Crippen molar-refractivity contribution in [3.05, 3.63) is 29.6 Å². The zero-order chi connectivity index (χ0) is 14.7. The topological polar surface area (TPSA) is 80.9 Å². The summed E-state index contributed by atoms with van der Waals surface area (Å²) in [5, 5.41) is 20.0. The summed E-state index contributed by atoms with van der Waals surface area (Å²) in [6.45, 7) is 3.60. The zero-order valence-corrected chi connectivity index (χ0v) is 11.2. The van der Waals surface area contributed by atoms with E-state index >= 15 is 0 Å². The van der Waals surface area contributed by atoms with E-state index in [1.165, 1.54) is 4.68 Å². The maximum absolute atomic E-state index is 14.1. The molecule has 1 atom stereocenters. The number of aromatic nitrogens is 4. The van der Waals surface area contributed by atoms with Crippen molar-refractivity contribution in [3.8, 4) is 11.4 Å². The first-order valence-electron chi connectivity index (χ1n) is 6.25. The Kier molecular flexibility index (Phi) is 4.07. The van der Waals surface area contributed by atoms with Crippen molar-refractivity contribution in [2.75, 3.05) is 0 Å². The lowest BCUT2D eigenvalue weighted by molar-refractivity contribution is -0.141. The van der Waals surface area contributed by atoms with E-state index in [1.54, 1.807) is 32.0 Å². The lowest BCUT2D eigenvalue weighted by Gasteiger charge is -2.08. The van der Waals surface area contributed by atoms with E-state index in [1.807, 2.05) is 0 Å². The van der Waals surface area contributed by atoms with Crippen molar-refractivity contribution >= 4 is 5.97 Å². The Bertz CT molecular complexity index is 627. The van der Waals surface area contributed by atoms with Gasteiger partial charge in [-0.2, -0.15) is 0 Å². The van der Waals surface area contributed by atoms with Crippen LogP contribution >= 0.6 is 0 Å². The Hall–Kier alpha value is -2.31. The van der Waals surface area contributed by atoms with Gasteiger partial charge in [0.25, 0.3) is 0 Å². The molecule has 0 aliphatic rings. The van der Waals surface area contributed by atoms with Gasteiger partial charge >= 0.3 is 5.97 Å². The Balaban J connectivity index is 2.25. The molecular formula is C13H15FN4O2. The monoisotopic (exact) mass is 278 g/mol. The Morgan fingerprint density at radius 3 is 2.95 bits per heavy atom. The number of tetrazole rings is 1. The van der Waals surface area contributed by atoms with Crippen molar-refractivity contribution < 1.29 is 14.3 Å². The number of halogens is 1. The molecule has 0 saturated carbocycles. The smallest absolute Gasteiger partial charge is 0.306 e. The van der Waals surface area contributed by atoms with Crippen LogP contribution in [0.25, 0.3) is 11.4 Å². The number of carboxylic acid groups (broad SMARTS) is 1. The average molecular weight is 278 g/mol. The average Bonchev–Trinajstić information content (AvgIpc) is 2.87. The predicted molar refractivity (Wildman–Crippen MR) is 69.4 cm³/mol. The lowest BCUT2D eigenvalue weighted by atomic mass is 10.1. The minimum Gasteiger partial charge on any atom is -0.481 e. The van der Waals surface area contributed by atoms with Gasteiger partial charge in [0.2, 0.25) is 0 Å². The molecule has 0 aliphatic carbocycles. The molecule has 0 saturated heterocycles. The van der Waals surface area contributed by atoms with Gasteiger partial charge in [-0.05, 0) is 35.4 Å².